The second-order valence-corrected chi connectivity index (χ2v) is 7.58. The van der Waals surface area contributed by atoms with E-state index in [1.807, 2.05) is 37.3 Å². The fourth-order valence-corrected chi connectivity index (χ4v) is 4.35. The zero-order valence-electron chi connectivity index (χ0n) is 16.8. The number of hydrogen-bond acceptors (Lipinski definition) is 6. The lowest BCUT2D eigenvalue weighted by Gasteiger charge is -2.31. The number of rotatable bonds is 7. The Morgan fingerprint density at radius 2 is 1.87 bits per heavy atom. The van der Waals surface area contributed by atoms with Crippen LogP contribution in [0, 0.1) is 17.2 Å². The molecule has 0 saturated heterocycles. The van der Waals surface area contributed by atoms with E-state index in [0.717, 1.165) is 5.56 Å². The van der Waals surface area contributed by atoms with Crippen LogP contribution in [0.5, 0.6) is 5.75 Å². The van der Waals surface area contributed by atoms with Gasteiger partial charge in [0.1, 0.15) is 11.7 Å². The van der Waals surface area contributed by atoms with Crippen LogP contribution >= 0.6 is 11.8 Å². The molecule has 30 heavy (non-hydrogen) atoms. The van der Waals surface area contributed by atoms with E-state index in [0.29, 0.717) is 34.3 Å². The number of nitrogens with zero attached hydrogens (tertiary/aromatic N) is 1. The molecule has 0 fully saturated rings. The highest BCUT2D eigenvalue weighted by Crippen LogP contribution is 2.41. The summed E-state index contributed by atoms with van der Waals surface area (Å²) in [6.07, 6.45) is 0. The van der Waals surface area contributed by atoms with Crippen molar-refractivity contribution >= 4 is 23.6 Å². The summed E-state index contributed by atoms with van der Waals surface area (Å²) in [6.45, 7) is 2.42. The first-order valence-corrected chi connectivity index (χ1v) is 10.5. The minimum Gasteiger partial charge on any atom is -0.494 e. The maximum atomic E-state index is 12.8. The van der Waals surface area contributed by atoms with Crippen LogP contribution in [0.1, 0.15) is 24.0 Å². The van der Waals surface area contributed by atoms with Gasteiger partial charge in [0.05, 0.1) is 30.4 Å². The van der Waals surface area contributed by atoms with Crippen LogP contribution in [0.25, 0.3) is 0 Å². The summed E-state index contributed by atoms with van der Waals surface area (Å²) >= 11 is 1.37. The topological polar surface area (TPSA) is 88.4 Å². The molecule has 6 nitrogen and oxygen atoms in total. The Morgan fingerprint density at radius 3 is 2.47 bits per heavy atom. The van der Waals surface area contributed by atoms with Gasteiger partial charge >= 0.3 is 5.97 Å². The molecule has 2 atom stereocenters. The van der Waals surface area contributed by atoms with E-state index in [9.17, 15) is 14.9 Å². The first kappa shape index (κ1) is 21.5. The molecule has 1 unspecified atom stereocenters. The van der Waals surface area contributed by atoms with E-state index in [2.05, 4.69) is 11.4 Å². The summed E-state index contributed by atoms with van der Waals surface area (Å²) in [5.41, 5.74) is 2.09. The maximum Gasteiger partial charge on any atom is 0.319 e. The summed E-state index contributed by atoms with van der Waals surface area (Å²) in [4.78, 5) is 25.3. The summed E-state index contributed by atoms with van der Waals surface area (Å²) < 4.78 is 10.3. The molecule has 2 aromatic carbocycles. The molecule has 1 heterocycles. The molecule has 3 rings (SSSR count). The average Bonchev–Trinajstić information content (AvgIpc) is 2.78. The van der Waals surface area contributed by atoms with Crippen molar-refractivity contribution in [1.82, 2.24) is 5.32 Å². The Hall–Kier alpha value is -3.24. The normalized spacial score (nSPS) is 18.4. The lowest BCUT2D eigenvalue weighted by atomic mass is 9.78. The van der Waals surface area contributed by atoms with Gasteiger partial charge in [0, 0.05) is 11.7 Å². The van der Waals surface area contributed by atoms with Crippen LogP contribution in [0.2, 0.25) is 0 Å². The predicted molar refractivity (Wildman–Crippen MR) is 114 cm³/mol. The monoisotopic (exact) mass is 422 g/mol. The highest BCUT2D eigenvalue weighted by Gasteiger charge is 2.44. The lowest BCUT2D eigenvalue weighted by Crippen LogP contribution is -2.44. The fourth-order valence-electron chi connectivity index (χ4n) is 3.35. The van der Waals surface area contributed by atoms with Gasteiger partial charge in [0.15, 0.2) is 0 Å². The summed E-state index contributed by atoms with van der Waals surface area (Å²) in [6, 6.07) is 19.1. The van der Waals surface area contributed by atoms with Crippen molar-refractivity contribution < 1.29 is 19.1 Å². The minimum absolute atomic E-state index is 0.343. The Morgan fingerprint density at radius 1 is 1.17 bits per heavy atom. The van der Waals surface area contributed by atoms with Gasteiger partial charge in [-0.15, -0.1) is 11.8 Å². The molecule has 1 amide bonds. The van der Waals surface area contributed by atoms with E-state index >= 15 is 0 Å². The molecule has 0 spiro atoms. The number of allylic oxidation sites excluding steroid dienone is 1. The average molecular weight is 423 g/mol. The van der Waals surface area contributed by atoms with E-state index in [1.54, 1.807) is 24.3 Å². The molecule has 0 saturated carbocycles. The standard InChI is InChI=1S/C23H22N2O4S/c1-3-29-17-11-9-16(10-12-17)19-18(13-24)22(25-21(26)20(19)23(27)28-2)30-14-15-7-5-4-6-8-15/h4-12,19-20H,3,14H2,1-2H3,(H,25,26)/t19?,20-/m1/s1. The molecule has 2 aromatic rings. The highest BCUT2D eigenvalue weighted by atomic mass is 32.2. The number of ether oxygens (including phenoxy) is 2. The molecule has 0 bridgehead atoms. The molecule has 0 aliphatic carbocycles. The van der Waals surface area contributed by atoms with Crippen molar-refractivity contribution in [1.29, 1.82) is 5.26 Å². The number of carbonyl (C=O) groups is 2. The van der Waals surface area contributed by atoms with Crippen molar-refractivity contribution in [3.63, 3.8) is 0 Å². The van der Waals surface area contributed by atoms with Crippen LogP contribution in [-0.2, 0) is 20.1 Å². The van der Waals surface area contributed by atoms with Crippen molar-refractivity contribution in [2.45, 2.75) is 18.6 Å². The smallest absolute Gasteiger partial charge is 0.319 e. The van der Waals surface area contributed by atoms with Crippen molar-refractivity contribution in [3.05, 3.63) is 76.3 Å². The van der Waals surface area contributed by atoms with Crippen molar-refractivity contribution in [2.75, 3.05) is 13.7 Å². The SMILES string of the molecule is CCOc1ccc(C2C(C#N)=C(SCc3ccccc3)NC(=O)[C@@H]2C(=O)OC)cc1. The Kier molecular flexibility index (Phi) is 7.15. The molecule has 7 heteroatoms. The molecular weight excluding hydrogens is 400 g/mol. The Bertz CT molecular complexity index is 981. The third-order valence-electron chi connectivity index (χ3n) is 4.76. The molecule has 154 valence electrons. The van der Waals surface area contributed by atoms with Gasteiger partial charge in [0.2, 0.25) is 5.91 Å². The van der Waals surface area contributed by atoms with Crippen molar-refractivity contribution in [2.24, 2.45) is 5.92 Å². The molecule has 1 aliphatic heterocycles. The van der Waals surface area contributed by atoms with Crippen LogP contribution in [0.15, 0.2) is 65.2 Å². The van der Waals surface area contributed by atoms with Gasteiger partial charge in [0.25, 0.3) is 0 Å². The van der Waals surface area contributed by atoms with Gasteiger partial charge < -0.3 is 14.8 Å². The number of amides is 1. The number of nitrogens with one attached hydrogen (secondary N) is 1. The van der Waals surface area contributed by atoms with Gasteiger partial charge in [-0.25, -0.2) is 0 Å². The van der Waals surface area contributed by atoms with Crippen molar-refractivity contribution in [3.8, 4) is 11.8 Å². The van der Waals surface area contributed by atoms with E-state index in [-0.39, 0.29) is 0 Å². The van der Waals surface area contributed by atoms with Crippen LogP contribution in [-0.4, -0.2) is 25.6 Å². The number of nitriles is 1. The third-order valence-corrected chi connectivity index (χ3v) is 5.85. The number of carbonyl (C=O) groups excluding carboxylic acids is 2. The molecular formula is C23H22N2O4S. The summed E-state index contributed by atoms with van der Waals surface area (Å²) in [5.74, 6) is -1.76. The van der Waals surface area contributed by atoms with E-state index < -0.39 is 23.7 Å². The maximum absolute atomic E-state index is 12.8. The first-order chi connectivity index (χ1) is 14.6. The Labute approximate surface area is 179 Å². The minimum atomic E-state index is -1.14. The van der Waals surface area contributed by atoms with Crippen LogP contribution in [0.3, 0.4) is 0 Å². The summed E-state index contributed by atoms with van der Waals surface area (Å²) in [5, 5.41) is 13.1. The van der Waals surface area contributed by atoms with Crippen LogP contribution < -0.4 is 10.1 Å². The summed E-state index contributed by atoms with van der Waals surface area (Å²) in [7, 11) is 1.24. The fraction of sp³-hybridized carbons (Fsp3) is 0.261. The highest BCUT2D eigenvalue weighted by molar-refractivity contribution is 8.02. The molecule has 1 N–H and O–H groups in total. The van der Waals surface area contributed by atoms with E-state index in [1.165, 1.54) is 18.9 Å². The number of thioether (sulfide) groups is 1. The number of hydrogen-bond donors (Lipinski definition) is 1. The number of methoxy groups -OCH3 is 1. The zero-order valence-corrected chi connectivity index (χ0v) is 17.6. The second-order valence-electron chi connectivity index (χ2n) is 6.60. The number of esters is 1. The van der Waals surface area contributed by atoms with Gasteiger partial charge in [-0.2, -0.15) is 5.26 Å². The molecule has 0 radical (unpaired) electrons. The van der Waals surface area contributed by atoms with E-state index in [4.69, 9.17) is 9.47 Å². The zero-order chi connectivity index (χ0) is 21.5. The molecule has 0 aromatic heterocycles. The lowest BCUT2D eigenvalue weighted by molar-refractivity contribution is -0.150. The Balaban J connectivity index is 2.00. The van der Waals surface area contributed by atoms with Gasteiger partial charge in [-0.05, 0) is 30.2 Å². The molecule has 1 aliphatic rings. The number of benzene rings is 2. The second kappa shape index (κ2) is 9.99. The third kappa shape index (κ3) is 4.66. The quantitative estimate of drug-likeness (QED) is 0.540. The van der Waals surface area contributed by atoms with Gasteiger partial charge in [-0.1, -0.05) is 42.5 Å². The van der Waals surface area contributed by atoms with Crippen LogP contribution in [0.4, 0.5) is 0 Å². The first-order valence-electron chi connectivity index (χ1n) is 9.51. The predicted octanol–water partition coefficient (Wildman–Crippen LogP) is 3.76. The van der Waals surface area contributed by atoms with Gasteiger partial charge in [-0.3, -0.25) is 9.59 Å². The largest absolute Gasteiger partial charge is 0.494 e.